The Bertz CT molecular complexity index is 332. The van der Waals surface area contributed by atoms with Crippen molar-refractivity contribution in [1.82, 2.24) is 10.0 Å². The predicted octanol–water partition coefficient (Wildman–Crippen LogP) is 0.719. The van der Waals surface area contributed by atoms with Crippen LogP contribution in [0.3, 0.4) is 0 Å². The maximum Gasteiger partial charge on any atom is 0.215 e. The normalized spacial score (nSPS) is 26.4. The summed E-state index contributed by atoms with van der Waals surface area (Å²) in [6, 6.07) is 0. The molecule has 0 amide bonds. The average Bonchev–Trinajstić information content (AvgIpc) is 2.72. The fourth-order valence-electron chi connectivity index (χ4n) is 2.00. The minimum atomic E-state index is -3.22. The van der Waals surface area contributed by atoms with Crippen LogP contribution in [-0.4, -0.2) is 46.0 Å². The second kappa shape index (κ2) is 7.43. The molecule has 2 N–H and O–H groups in total. The fourth-order valence-corrected chi connectivity index (χ4v) is 3.07. The van der Waals surface area contributed by atoms with Crippen molar-refractivity contribution in [2.75, 3.05) is 26.2 Å². The molecule has 0 aliphatic carbocycles. The molecule has 5 nitrogen and oxygen atoms in total. The van der Waals surface area contributed by atoms with Crippen LogP contribution < -0.4 is 10.0 Å². The summed E-state index contributed by atoms with van der Waals surface area (Å²) in [6.45, 7) is 8.37. The van der Waals surface area contributed by atoms with Gasteiger partial charge in [0.2, 0.25) is 10.0 Å². The zero-order valence-electron chi connectivity index (χ0n) is 11.6. The van der Waals surface area contributed by atoms with Crippen molar-refractivity contribution in [3.05, 3.63) is 0 Å². The minimum Gasteiger partial charge on any atom is -0.378 e. The Hall–Kier alpha value is -0.170. The van der Waals surface area contributed by atoms with Gasteiger partial charge in [-0.2, -0.15) is 0 Å². The molecule has 1 aliphatic rings. The molecule has 0 saturated carbocycles. The van der Waals surface area contributed by atoms with E-state index in [4.69, 9.17) is 4.74 Å². The van der Waals surface area contributed by atoms with Crippen LogP contribution >= 0.6 is 0 Å². The standard InChI is InChI=1S/C12H26N2O3S/c1-4-6-13-8-10(2)18(15,16)14-9-12-5-7-17-11(12)3/h10-14H,4-9H2,1-3H3. The SMILES string of the molecule is CCCNCC(C)S(=O)(=O)NCC1CCOC1C. The summed E-state index contributed by atoms with van der Waals surface area (Å²) in [6.07, 6.45) is 2.10. The van der Waals surface area contributed by atoms with E-state index in [0.29, 0.717) is 19.0 Å². The monoisotopic (exact) mass is 278 g/mol. The summed E-state index contributed by atoms with van der Waals surface area (Å²) in [4.78, 5) is 0. The summed E-state index contributed by atoms with van der Waals surface area (Å²) in [7, 11) is -3.22. The molecule has 0 spiro atoms. The van der Waals surface area contributed by atoms with Gasteiger partial charge in [0, 0.05) is 25.6 Å². The average molecular weight is 278 g/mol. The minimum absolute atomic E-state index is 0.154. The van der Waals surface area contributed by atoms with Crippen LogP contribution in [0.4, 0.5) is 0 Å². The first kappa shape index (κ1) is 15.9. The molecule has 1 rings (SSSR count). The van der Waals surface area contributed by atoms with Crippen LogP contribution in [0.5, 0.6) is 0 Å². The molecule has 3 unspecified atom stereocenters. The van der Waals surface area contributed by atoms with Crippen molar-refractivity contribution in [2.24, 2.45) is 5.92 Å². The molecular formula is C12H26N2O3S. The van der Waals surface area contributed by atoms with Crippen molar-refractivity contribution in [1.29, 1.82) is 0 Å². The van der Waals surface area contributed by atoms with E-state index in [1.807, 2.05) is 6.92 Å². The van der Waals surface area contributed by atoms with E-state index in [9.17, 15) is 8.42 Å². The lowest BCUT2D eigenvalue weighted by Crippen LogP contribution is -2.41. The fraction of sp³-hybridized carbons (Fsp3) is 1.00. The van der Waals surface area contributed by atoms with Crippen LogP contribution in [0, 0.1) is 5.92 Å². The molecule has 108 valence electrons. The van der Waals surface area contributed by atoms with Crippen LogP contribution in [0.1, 0.15) is 33.6 Å². The molecule has 1 fully saturated rings. The van der Waals surface area contributed by atoms with E-state index in [-0.39, 0.29) is 6.10 Å². The maximum atomic E-state index is 12.0. The van der Waals surface area contributed by atoms with Gasteiger partial charge in [0.05, 0.1) is 11.4 Å². The van der Waals surface area contributed by atoms with Gasteiger partial charge in [-0.3, -0.25) is 0 Å². The van der Waals surface area contributed by atoms with E-state index in [2.05, 4.69) is 17.0 Å². The molecule has 0 aromatic carbocycles. The molecule has 6 heteroatoms. The third kappa shape index (κ3) is 4.84. The number of hydrogen-bond acceptors (Lipinski definition) is 4. The van der Waals surface area contributed by atoms with E-state index in [0.717, 1.165) is 26.0 Å². The quantitative estimate of drug-likeness (QED) is 0.642. The second-order valence-corrected chi connectivity index (χ2v) is 7.22. The van der Waals surface area contributed by atoms with E-state index in [1.165, 1.54) is 0 Å². The third-order valence-corrected chi connectivity index (χ3v) is 5.26. The predicted molar refractivity (Wildman–Crippen MR) is 73.1 cm³/mol. The Balaban J connectivity index is 2.34. The van der Waals surface area contributed by atoms with Gasteiger partial charge in [0.15, 0.2) is 0 Å². The van der Waals surface area contributed by atoms with Crippen molar-refractivity contribution >= 4 is 10.0 Å². The summed E-state index contributed by atoms with van der Waals surface area (Å²) >= 11 is 0. The van der Waals surface area contributed by atoms with Gasteiger partial charge >= 0.3 is 0 Å². The Morgan fingerprint density at radius 2 is 2.17 bits per heavy atom. The van der Waals surface area contributed by atoms with Crippen molar-refractivity contribution in [3.8, 4) is 0 Å². The van der Waals surface area contributed by atoms with Crippen molar-refractivity contribution in [3.63, 3.8) is 0 Å². The topological polar surface area (TPSA) is 67.4 Å². The van der Waals surface area contributed by atoms with E-state index >= 15 is 0 Å². The van der Waals surface area contributed by atoms with Gasteiger partial charge in [-0.25, -0.2) is 13.1 Å². The zero-order chi connectivity index (χ0) is 13.6. The molecule has 1 saturated heterocycles. The summed E-state index contributed by atoms with van der Waals surface area (Å²) < 4.78 is 32.1. The highest BCUT2D eigenvalue weighted by atomic mass is 32.2. The highest BCUT2D eigenvalue weighted by molar-refractivity contribution is 7.90. The Labute approximate surface area is 111 Å². The number of rotatable bonds is 8. The highest BCUT2D eigenvalue weighted by Crippen LogP contribution is 2.19. The smallest absolute Gasteiger partial charge is 0.215 e. The molecular weight excluding hydrogens is 252 g/mol. The number of ether oxygens (including phenoxy) is 1. The maximum absolute atomic E-state index is 12.0. The zero-order valence-corrected chi connectivity index (χ0v) is 12.4. The van der Waals surface area contributed by atoms with Crippen LogP contribution in [0.15, 0.2) is 0 Å². The van der Waals surface area contributed by atoms with Crippen LogP contribution in [0.25, 0.3) is 0 Å². The summed E-state index contributed by atoms with van der Waals surface area (Å²) in [5, 5.41) is 2.73. The molecule has 0 bridgehead atoms. The molecule has 0 aromatic rings. The molecule has 0 radical (unpaired) electrons. The second-order valence-electron chi connectivity index (χ2n) is 5.03. The van der Waals surface area contributed by atoms with Gasteiger partial charge < -0.3 is 10.1 Å². The third-order valence-electron chi connectivity index (χ3n) is 3.47. The lowest BCUT2D eigenvalue weighted by atomic mass is 10.0. The number of nitrogens with one attached hydrogen (secondary N) is 2. The van der Waals surface area contributed by atoms with Gasteiger partial charge in [0.25, 0.3) is 0 Å². The number of sulfonamides is 1. The van der Waals surface area contributed by atoms with E-state index in [1.54, 1.807) is 6.92 Å². The van der Waals surface area contributed by atoms with Crippen LogP contribution in [-0.2, 0) is 14.8 Å². The van der Waals surface area contributed by atoms with Gasteiger partial charge in [-0.1, -0.05) is 6.92 Å². The molecule has 0 aromatic heterocycles. The molecule has 1 aliphatic heterocycles. The van der Waals surface area contributed by atoms with Gasteiger partial charge in [-0.05, 0) is 33.2 Å². The van der Waals surface area contributed by atoms with Crippen LogP contribution in [0.2, 0.25) is 0 Å². The summed E-state index contributed by atoms with van der Waals surface area (Å²) in [5.74, 6) is 0.301. The van der Waals surface area contributed by atoms with Gasteiger partial charge in [-0.15, -0.1) is 0 Å². The summed E-state index contributed by atoms with van der Waals surface area (Å²) in [5.41, 5.74) is 0. The van der Waals surface area contributed by atoms with Gasteiger partial charge in [0.1, 0.15) is 0 Å². The molecule has 3 atom stereocenters. The first-order valence-corrected chi connectivity index (χ1v) is 8.32. The Kier molecular flexibility index (Phi) is 6.55. The lowest BCUT2D eigenvalue weighted by molar-refractivity contribution is 0.107. The lowest BCUT2D eigenvalue weighted by Gasteiger charge is -2.18. The Morgan fingerprint density at radius 1 is 1.44 bits per heavy atom. The molecule has 1 heterocycles. The molecule has 18 heavy (non-hydrogen) atoms. The first-order valence-electron chi connectivity index (χ1n) is 6.78. The van der Waals surface area contributed by atoms with E-state index < -0.39 is 15.3 Å². The van der Waals surface area contributed by atoms with Crippen molar-refractivity contribution < 1.29 is 13.2 Å². The number of hydrogen-bond donors (Lipinski definition) is 2. The Morgan fingerprint density at radius 3 is 2.72 bits per heavy atom. The van der Waals surface area contributed by atoms with Crippen molar-refractivity contribution in [2.45, 2.75) is 45.0 Å². The highest BCUT2D eigenvalue weighted by Gasteiger charge is 2.27. The first-order chi connectivity index (χ1) is 8.47. The largest absolute Gasteiger partial charge is 0.378 e.